The number of furan rings is 1. The van der Waals surface area contributed by atoms with E-state index in [1.807, 2.05) is 0 Å². The van der Waals surface area contributed by atoms with Crippen molar-refractivity contribution < 1.29 is 4.42 Å². The summed E-state index contributed by atoms with van der Waals surface area (Å²) in [6.45, 7) is 0. The van der Waals surface area contributed by atoms with Gasteiger partial charge < -0.3 is 14.2 Å². The van der Waals surface area contributed by atoms with Crippen molar-refractivity contribution in [2.75, 3.05) is 9.80 Å². The van der Waals surface area contributed by atoms with E-state index in [0.717, 1.165) is 55.8 Å². The highest BCUT2D eigenvalue weighted by Crippen LogP contribution is 2.53. The lowest BCUT2D eigenvalue weighted by atomic mass is 9.91. The molecule has 0 fully saturated rings. The van der Waals surface area contributed by atoms with Gasteiger partial charge >= 0.3 is 0 Å². The van der Waals surface area contributed by atoms with Gasteiger partial charge in [-0.2, -0.15) is 0 Å². The Morgan fingerprint density at radius 1 is 0.397 bits per heavy atom. The molecular formula is C60H40N2O. The highest BCUT2D eigenvalue weighted by atomic mass is 16.3. The number of nitrogens with zero attached hydrogens (tertiary/aromatic N) is 2. The van der Waals surface area contributed by atoms with E-state index < -0.39 is 0 Å². The van der Waals surface area contributed by atoms with Crippen LogP contribution in [0.5, 0.6) is 0 Å². The second kappa shape index (κ2) is 14.2. The summed E-state index contributed by atoms with van der Waals surface area (Å²) < 4.78 is 6.48. The van der Waals surface area contributed by atoms with Crippen molar-refractivity contribution in [2.24, 2.45) is 0 Å². The van der Waals surface area contributed by atoms with Crippen LogP contribution in [0.15, 0.2) is 235 Å². The zero-order valence-corrected chi connectivity index (χ0v) is 34.4. The normalized spacial score (nSPS) is 15.5. The molecule has 296 valence electrons. The van der Waals surface area contributed by atoms with Gasteiger partial charge in [-0.15, -0.1) is 0 Å². The Hall–Kier alpha value is -8.14. The van der Waals surface area contributed by atoms with Gasteiger partial charge in [0.25, 0.3) is 0 Å². The largest absolute Gasteiger partial charge is 0.456 e. The Bertz CT molecular complexity index is 3670. The topological polar surface area (TPSA) is 19.6 Å². The molecule has 63 heavy (non-hydrogen) atoms. The van der Waals surface area contributed by atoms with Crippen molar-refractivity contribution in [1.29, 1.82) is 0 Å². The van der Waals surface area contributed by atoms with Crippen LogP contribution in [0.1, 0.15) is 11.5 Å². The molecule has 0 bridgehead atoms. The second-order valence-corrected chi connectivity index (χ2v) is 16.8. The molecule has 2 aliphatic rings. The van der Waals surface area contributed by atoms with Gasteiger partial charge in [0.15, 0.2) is 0 Å². The van der Waals surface area contributed by atoms with Crippen LogP contribution in [0.25, 0.3) is 76.5 Å². The molecule has 0 N–H and O–H groups in total. The van der Waals surface area contributed by atoms with Crippen molar-refractivity contribution in [3.63, 3.8) is 0 Å². The third-order valence-corrected chi connectivity index (χ3v) is 13.3. The molecule has 3 heteroatoms. The third kappa shape index (κ3) is 5.74. The van der Waals surface area contributed by atoms with Crippen LogP contribution in [0.3, 0.4) is 0 Å². The quantitative estimate of drug-likeness (QED) is 0.156. The van der Waals surface area contributed by atoms with Gasteiger partial charge in [0.2, 0.25) is 0 Å². The minimum absolute atomic E-state index is 0.158. The van der Waals surface area contributed by atoms with E-state index >= 15 is 0 Å². The van der Waals surface area contributed by atoms with Crippen molar-refractivity contribution in [2.45, 2.75) is 12.0 Å². The molecule has 0 saturated heterocycles. The highest BCUT2D eigenvalue weighted by Gasteiger charge is 2.38. The number of hydrogen-bond donors (Lipinski definition) is 0. The highest BCUT2D eigenvalue weighted by molar-refractivity contribution is 6.12. The maximum absolute atomic E-state index is 6.48. The fourth-order valence-corrected chi connectivity index (χ4v) is 10.4. The van der Waals surface area contributed by atoms with Gasteiger partial charge in [-0.05, 0) is 121 Å². The minimum Gasteiger partial charge on any atom is -0.456 e. The lowest BCUT2D eigenvalue weighted by Crippen LogP contribution is -2.29. The van der Waals surface area contributed by atoms with Crippen molar-refractivity contribution in [3.8, 4) is 22.3 Å². The lowest BCUT2D eigenvalue weighted by molar-refractivity contribution is 0.669. The van der Waals surface area contributed by atoms with Gasteiger partial charge in [-0.1, -0.05) is 164 Å². The summed E-state index contributed by atoms with van der Waals surface area (Å²) in [4.78, 5) is 5.01. The Morgan fingerprint density at radius 3 is 1.94 bits per heavy atom. The molecule has 2 unspecified atom stereocenters. The molecule has 2 atom stereocenters. The number of anilines is 5. The van der Waals surface area contributed by atoms with Crippen LogP contribution in [-0.4, -0.2) is 6.04 Å². The monoisotopic (exact) mass is 804 g/mol. The van der Waals surface area contributed by atoms with Crippen molar-refractivity contribution in [3.05, 3.63) is 236 Å². The predicted octanol–water partition coefficient (Wildman–Crippen LogP) is 16.6. The molecule has 0 amide bonds. The summed E-state index contributed by atoms with van der Waals surface area (Å²) in [6, 6.07) is 75.5. The van der Waals surface area contributed by atoms with Gasteiger partial charge in [0.05, 0.1) is 23.1 Å². The zero-order chi connectivity index (χ0) is 41.4. The van der Waals surface area contributed by atoms with E-state index in [4.69, 9.17) is 4.42 Å². The van der Waals surface area contributed by atoms with Gasteiger partial charge in [0.1, 0.15) is 11.2 Å². The summed E-state index contributed by atoms with van der Waals surface area (Å²) in [5, 5.41) is 9.68. The molecule has 3 nitrogen and oxygen atoms in total. The molecule has 10 aromatic carbocycles. The van der Waals surface area contributed by atoms with Crippen molar-refractivity contribution in [1.82, 2.24) is 0 Å². The maximum Gasteiger partial charge on any atom is 0.136 e. The van der Waals surface area contributed by atoms with Crippen LogP contribution in [0.2, 0.25) is 0 Å². The van der Waals surface area contributed by atoms with Gasteiger partial charge in [-0.3, -0.25) is 0 Å². The third-order valence-electron chi connectivity index (χ3n) is 13.3. The first-order valence-electron chi connectivity index (χ1n) is 21.8. The van der Waals surface area contributed by atoms with Gasteiger partial charge in [-0.25, -0.2) is 0 Å². The molecule has 2 heterocycles. The van der Waals surface area contributed by atoms with E-state index in [2.05, 4.69) is 240 Å². The molecule has 11 aromatic rings. The first-order chi connectivity index (χ1) is 31.2. The summed E-state index contributed by atoms with van der Waals surface area (Å²) in [7, 11) is 0. The Labute approximate surface area is 365 Å². The molecule has 1 aliphatic heterocycles. The summed E-state index contributed by atoms with van der Waals surface area (Å²) in [6.07, 6.45) is 9.10. The Kier molecular flexibility index (Phi) is 8.04. The Balaban J connectivity index is 0.985. The number of hydrogen-bond acceptors (Lipinski definition) is 3. The summed E-state index contributed by atoms with van der Waals surface area (Å²) in [5.41, 5.74) is 13.5. The van der Waals surface area contributed by atoms with E-state index in [1.54, 1.807) is 0 Å². The average molecular weight is 805 g/mol. The van der Waals surface area contributed by atoms with E-state index in [-0.39, 0.29) is 12.0 Å². The average Bonchev–Trinajstić information content (AvgIpc) is 3.88. The summed E-state index contributed by atoms with van der Waals surface area (Å²) in [5.74, 6) is 0.271. The number of para-hydroxylation sites is 4. The standard InChI is InChI=1S/C60H40N2O/c1-2-15-42-38-60-53(36-41(42)14-1)52-37-45(30-34-59(52)63-60)49-17-5-8-20-54(49)61(57-23-11-12-24-58(57)62-55-21-9-6-18-50(55)51-19-7-10-22-56(51)62)46-31-27-39(28-32-46)43-29-33-48-44(35-43)26-25-40-13-3-4-16-47(40)48/h1-38,50,55H. The molecule has 0 radical (unpaired) electrons. The van der Waals surface area contributed by atoms with Crippen LogP contribution in [0.4, 0.5) is 28.4 Å². The smallest absolute Gasteiger partial charge is 0.136 e. The molecule has 1 aliphatic carbocycles. The SMILES string of the molecule is C1=CC2c3ccccc3N(c3ccccc3N(c3ccc(-c4ccc5c(ccc6ccccc65)c4)cc3)c3ccccc3-c3ccc4oc5cc6ccccc6cc5c4c3)C2C=C1. The zero-order valence-electron chi connectivity index (χ0n) is 34.4. The number of benzene rings is 10. The van der Waals surface area contributed by atoms with Crippen LogP contribution < -0.4 is 9.80 Å². The number of rotatable bonds is 6. The van der Waals surface area contributed by atoms with Crippen LogP contribution in [-0.2, 0) is 0 Å². The number of allylic oxidation sites excluding steroid dienone is 2. The van der Waals surface area contributed by atoms with Crippen molar-refractivity contribution >= 4 is 82.7 Å². The fourth-order valence-electron chi connectivity index (χ4n) is 10.4. The summed E-state index contributed by atoms with van der Waals surface area (Å²) >= 11 is 0. The maximum atomic E-state index is 6.48. The lowest BCUT2D eigenvalue weighted by Gasteiger charge is -2.35. The Morgan fingerprint density at radius 2 is 1.05 bits per heavy atom. The molecule has 1 aromatic heterocycles. The predicted molar refractivity (Wildman–Crippen MR) is 265 cm³/mol. The number of fused-ring (bicyclic) bond motifs is 10. The molecular weight excluding hydrogens is 765 g/mol. The molecule has 13 rings (SSSR count). The minimum atomic E-state index is 0.158. The van der Waals surface area contributed by atoms with E-state index in [1.165, 1.54) is 54.7 Å². The van der Waals surface area contributed by atoms with Crippen LogP contribution >= 0.6 is 0 Å². The molecule has 0 saturated carbocycles. The van der Waals surface area contributed by atoms with E-state index in [0.29, 0.717) is 0 Å². The second-order valence-electron chi connectivity index (χ2n) is 16.8. The van der Waals surface area contributed by atoms with E-state index in [9.17, 15) is 0 Å². The first kappa shape index (κ1) is 35.6. The first-order valence-corrected chi connectivity index (χ1v) is 21.8. The van der Waals surface area contributed by atoms with Gasteiger partial charge in [0, 0.05) is 33.6 Å². The molecule has 0 spiro atoms. The van der Waals surface area contributed by atoms with Crippen LogP contribution in [0, 0.1) is 0 Å². The fraction of sp³-hybridized carbons (Fsp3) is 0.0333.